The SMILES string of the molecule is Cc1nn(C)c(C)c1C1CCCN1C(=O)c1ccc(S(=O)(=O)C2CCCC2)cc1. The number of carbonyl (C=O) groups excluding carboxylic acids is 1. The number of likely N-dealkylation sites (tertiary alicyclic amines) is 1. The number of rotatable bonds is 4. The quantitative estimate of drug-likeness (QED) is 0.763. The van der Waals surface area contributed by atoms with Crippen LogP contribution >= 0.6 is 0 Å². The van der Waals surface area contributed by atoms with Gasteiger partial charge >= 0.3 is 0 Å². The third-order valence-electron chi connectivity index (χ3n) is 6.58. The number of carbonyl (C=O) groups is 1. The minimum Gasteiger partial charge on any atom is -0.331 e. The van der Waals surface area contributed by atoms with Crippen LogP contribution in [0.2, 0.25) is 0 Å². The van der Waals surface area contributed by atoms with Gasteiger partial charge in [0, 0.05) is 30.4 Å². The number of amides is 1. The first-order chi connectivity index (χ1) is 13.8. The third-order valence-corrected chi connectivity index (χ3v) is 8.86. The van der Waals surface area contributed by atoms with E-state index in [0.29, 0.717) is 17.0 Å². The predicted octanol–water partition coefficient (Wildman–Crippen LogP) is 3.73. The van der Waals surface area contributed by atoms with Crippen molar-refractivity contribution < 1.29 is 13.2 Å². The number of hydrogen-bond acceptors (Lipinski definition) is 4. The number of aryl methyl sites for hydroxylation is 2. The van der Waals surface area contributed by atoms with Crippen LogP contribution in [-0.4, -0.2) is 40.8 Å². The fourth-order valence-corrected chi connectivity index (χ4v) is 6.78. The van der Waals surface area contributed by atoms with Gasteiger partial charge in [-0.3, -0.25) is 9.48 Å². The van der Waals surface area contributed by atoms with Crippen LogP contribution in [0.3, 0.4) is 0 Å². The highest BCUT2D eigenvalue weighted by Crippen LogP contribution is 2.36. The Morgan fingerprint density at radius 2 is 1.69 bits per heavy atom. The van der Waals surface area contributed by atoms with Crippen molar-refractivity contribution in [2.75, 3.05) is 6.54 Å². The standard InChI is InChI=1S/C22H29N3O3S/c1-15-21(16(2)24(3)23-15)20-9-6-14-25(20)22(26)17-10-12-19(13-11-17)29(27,28)18-7-4-5-8-18/h10-13,18,20H,4-9,14H2,1-3H3. The molecule has 1 aromatic carbocycles. The summed E-state index contributed by atoms with van der Waals surface area (Å²) in [5.41, 5.74) is 3.73. The molecule has 156 valence electrons. The van der Waals surface area contributed by atoms with Gasteiger partial charge < -0.3 is 4.90 Å². The Hall–Kier alpha value is -2.15. The molecular weight excluding hydrogens is 386 g/mol. The van der Waals surface area contributed by atoms with Gasteiger partial charge in [-0.05, 0) is 63.8 Å². The van der Waals surface area contributed by atoms with E-state index in [1.54, 1.807) is 24.3 Å². The summed E-state index contributed by atoms with van der Waals surface area (Å²) in [5, 5.41) is 4.24. The molecule has 1 aromatic heterocycles. The summed E-state index contributed by atoms with van der Waals surface area (Å²) >= 11 is 0. The van der Waals surface area contributed by atoms with Gasteiger partial charge in [0.05, 0.1) is 21.9 Å². The summed E-state index contributed by atoms with van der Waals surface area (Å²) in [5.74, 6) is -0.0417. The molecule has 0 N–H and O–H groups in total. The van der Waals surface area contributed by atoms with Gasteiger partial charge in [-0.2, -0.15) is 5.10 Å². The van der Waals surface area contributed by atoms with Gasteiger partial charge in [0.25, 0.3) is 5.91 Å². The van der Waals surface area contributed by atoms with E-state index in [-0.39, 0.29) is 17.2 Å². The van der Waals surface area contributed by atoms with Crippen molar-refractivity contribution in [3.8, 4) is 0 Å². The zero-order valence-electron chi connectivity index (χ0n) is 17.4. The minimum atomic E-state index is -3.30. The normalized spacial score (nSPS) is 20.5. The zero-order chi connectivity index (χ0) is 20.8. The van der Waals surface area contributed by atoms with E-state index < -0.39 is 9.84 Å². The molecule has 4 rings (SSSR count). The Balaban J connectivity index is 1.58. The van der Waals surface area contributed by atoms with Crippen molar-refractivity contribution in [1.29, 1.82) is 0 Å². The highest BCUT2D eigenvalue weighted by molar-refractivity contribution is 7.92. The molecule has 29 heavy (non-hydrogen) atoms. The molecule has 1 aliphatic carbocycles. The van der Waals surface area contributed by atoms with E-state index in [0.717, 1.165) is 55.5 Å². The Bertz CT molecular complexity index is 1020. The lowest BCUT2D eigenvalue weighted by molar-refractivity contribution is 0.0735. The maximum absolute atomic E-state index is 13.2. The number of aromatic nitrogens is 2. The maximum atomic E-state index is 13.2. The molecule has 2 fully saturated rings. The Kier molecular flexibility index (Phi) is 5.27. The maximum Gasteiger partial charge on any atom is 0.254 e. The van der Waals surface area contributed by atoms with Crippen molar-refractivity contribution in [2.24, 2.45) is 7.05 Å². The summed E-state index contributed by atoms with van der Waals surface area (Å²) in [7, 11) is -1.37. The average Bonchev–Trinajstić information content (AvgIpc) is 3.43. The summed E-state index contributed by atoms with van der Waals surface area (Å²) < 4.78 is 27.4. The first-order valence-corrected chi connectivity index (χ1v) is 12.0. The fraction of sp³-hybridized carbons (Fsp3) is 0.545. The fourth-order valence-electron chi connectivity index (χ4n) is 4.93. The molecule has 7 heteroatoms. The van der Waals surface area contributed by atoms with Crippen LogP contribution in [0.4, 0.5) is 0 Å². The number of hydrogen-bond donors (Lipinski definition) is 0. The molecule has 2 aliphatic rings. The summed E-state index contributed by atoms with van der Waals surface area (Å²) in [6.07, 6.45) is 5.31. The van der Waals surface area contributed by atoms with E-state index in [9.17, 15) is 13.2 Å². The number of benzene rings is 1. The van der Waals surface area contributed by atoms with E-state index in [4.69, 9.17) is 0 Å². The van der Waals surface area contributed by atoms with Crippen molar-refractivity contribution >= 4 is 15.7 Å². The van der Waals surface area contributed by atoms with Crippen molar-refractivity contribution in [3.05, 3.63) is 46.8 Å². The Labute approximate surface area is 172 Å². The molecule has 1 amide bonds. The lowest BCUT2D eigenvalue weighted by Gasteiger charge is -2.25. The monoisotopic (exact) mass is 415 g/mol. The van der Waals surface area contributed by atoms with Gasteiger partial charge in [-0.15, -0.1) is 0 Å². The molecule has 1 unspecified atom stereocenters. The smallest absolute Gasteiger partial charge is 0.254 e. The van der Waals surface area contributed by atoms with Crippen LogP contribution < -0.4 is 0 Å². The van der Waals surface area contributed by atoms with Gasteiger partial charge in [-0.25, -0.2) is 8.42 Å². The van der Waals surface area contributed by atoms with Gasteiger partial charge in [-0.1, -0.05) is 12.8 Å². The molecule has 0 bridgehead atoms. The second-order valence-electron chi connectivity index (χ2n) is 8.34. The molecule has 0 radical (unpaired) electrons. The van der Waals surface area contributed by atoms with Crippen molar-refractivity contribution in [3.63, 3.8) is 0 Å². The molecule has 0 spiro atoms. The Morgan fingerprint density at radius 1 is 1.03 bits per heavy atom. The third kappa shape index (κ3) is 3.50. The molecule has 1 aliphatic heterocycles. The van der Waals surface area contributed by atoms with Crippen LogP contribution in [0.25, 0.3) is 0 Å². The largest absolute Gasteiger partial charge is 0.331 e. The van der Waals surface area contributed by atoms with Crippen LogP contribution in [0, 0.1) is 13.8 Å². The predicted molar refractivity (Wildman–Crippen MR) is 112 cm³/mol. The molecule has 6 nitrogen and oxygen atoms in total. The lowest BCUT2D eigenvalue weighted by Crippen LogP contribution is -2.31. The second-order valence-corrected chi connectivity index (χ2v) is 10.6. The van der Waals surface area contributed by atoms with E-state index in [1.165, 1.54) is 0 Å². The second kappa shape index (κ2) is 7.59. The van der Waals surface area contributed by atoms with Crippen LogP contribution in [-0.2, 0) is 16.9 Å². The van der Waals surface area contributed by atoms with Gasteiger partial charge in [0.2, 0.25) is 0 Å². The first kappa shape index (κ1) is 20.1. The van der Waals surface area contributed by atoms with Crippen molar-refractivity contribution in [1.82, 2.24) is 14.7 Å². The number of nitrogens with zero attached hydrogens (tertiary/aromatic N) is 3. The molecule has 1 saturated heterocycles. The molecule has 1 atom stereocenters. The van der Waals surface area contributed by atoms with E-state index in [2.05, 4.69) is 5.10 Å². The van der Waals surface area contributed by atoms with E-state index in [1.807, 2.05) is 30.5 Å². The minimum absolute atomic E-state index is 0.0260. The zero-order valence-corrected chi connectivity index (χ0v) is 18.2. The topological polar surface area (TPSA) is 72.3 Å². The van der Waals surface area contributed by atoms with Crippen LogP contribution in [0.15, 0.2) is 29.2 Å². The van der Waals surface area contributed by atoms with Crippen LogP contribution in [0.5, 0.6) is 0 Å². The molecule has 2 heterocycles. The van der Waals surface area contributed by atoms with Crippen LogP contribution in [0.1, 0.15) is 71.9 Å². The first-order valence-electron chi connectivity index (χ1n) is 10.5. The molecule has 2 aromatic rings. The lowest BCUT2D eigenvalue weighted by atomic mass is 10.0. The van der Waals surface area contributed by atoms with E-state index >= 15 is 0 Å². The summed E-state index contributed by atoms with van der Waals surface area (Å²) in [6, 6.07) is 6.57. The van der Waals surface area contributed by atoms with Gasteiger partial charge in [0.1, 0.15) is 0 Å². The molecular formula is C22H29N3O3S. The summed E-state index contributed by atoms with van der Waals surface area (Å²) in [4.78, 5) is 15.5. The van der Waals surface area contributed by atoms with Gasteiger partial charge in [0.15, 0.2) is 9.84 Å². The summed E-state index contributed by atoms with van der Waals surface area (Å²) in [6.45, 7) is 4.74. The Morgan fingerprint density at radius 3 is 2.28 bits per heavy atom. The molecule has 1 saturated carbocycles. The highest BCUT2D eigenvalue weighted by Gasteiger charge is 2.34. The number of sulfone groups is 1. The highest BCUT2D eigenvalue weighted by atomic mass is 32.2. The average molecular weight is 416 g/mol. The van der Waals surface area contributed by atoms with Crippen molar-refractivity contribution in [2.45, 2.75) is 68.6 Å².